The van der Waals surface area contributed by atoms with Gasteiger partial charge in [-0.1, -0.05) is 12.1 Å². The molecule has 0 aliphatic carbocycles. The summed E-state index contributed by atoms with van der Waals surface area (Å²) in [4.78, 5) is 21.3. The fourth-order valence-corrected chi connectivity index (χ4v) is 3.32. The molecule has 0 fully saturated rings. The Labute approximate surface area is 189 Å². The number of anilines is 2. The van der Waals surface area contributed by atoms with E-state index < -0.39 is 11.9 Å². The number of hydrogen-bond donors (Lipinski definition) is 3. The van der Waals surface area contributed by atoms with Crippen molar-refractivity contribution in [2.45, 2.75) is 13.0 Å². The lowest BCUT2D eigenvalue weighted by molar-refractivity contribution is 0.0933. The Kier molecular flexibility index (Phi) is 6.41. The van der Waals surface area contributed by atoms with Crippen molar-refractivity contribution in [1.82, 2.24) is 19.9 Å². The molecule has 2 aromatic heterocycles. The Morgan fingerprint density at radius 3 is 2.39 bits per heavy atom. The average molecular weight is 448 g/mol. The number of rotatable bonds is 7. The number of halogens is 2. The molecule has 0 radical (unpaired) electrons. The monoisotopic (exact) mass is 448 g/mol. The van der Waals surface area contributed by atoms with Gasteiger partial charge in [-0.25, -0.2) is 18.7 Å². The first-order valence-corrected chi connectivity index (χ1v) is 10.2. The Balaban J connectivity index is 1.51. The molecule has 0 aliphatic heterocycles. The molecule has 1 atom stereocenters. The topological polar surface area (TPSA) is 97.9 Å². The van der Waals surface area contributed by atoms with Gasteiger partial charge in [-0.15, -0.1) is 0 Å². The van der Waals surface area contributed by atoms with Gasteiger partial charge in [0, 0.05) is 30.7 Å². The van der Waals surface area contributed by atoms with Crippen LogP contribution in [0.2, 0.25) is 0 Å². The highest BCUT2D eigenvalue weighted by Gasteiger charge is 2.17. The number of carbonyl (C=O) groups is 1. The zero-order chi connectivity index (χ0) is 23.4. The van der Waals surface area contributed by atoms with Gasteiger partial charge in [-0.2, -0.15) is 0 Å². The molecule has 4 N–H and O–H groups in total. The molecule has 168 valence electrons. The Morgan fingerprint density at radius 1 is 1.06 bits per heavy atom. The van der Waals surface area contributed by atoms with Crippen molar-refractivity contribution in [1.29, 1.82) is 0 Å². The lowest BCUT2D eigenvalue weighted by Crippen LogP contribution is -2.33. The Bertz CT molecular complexity index is 1250. The van der Waals surface area contributed by atoms with E-state index in [0.717, 1.165) is 11.3 Å². The van der Waals surface area contributed by atoms with Gasteiger partial charge in [0.15, 0.2) is 0 Å². The van der Waals surface area contributed by atoms with E-state index in [2.05, 4.69) is 20.6 Å². The number of nitrogens with two attached hydrogens (primary N) is 1. The molecule has 4 rings (SSSR count). The summed E-state index contributed by atoms with van der Waals surface area (Å²) in [5.74, 6) is -0.523. The van der Waals surface area contributed by atoms with Crippen LogP contribution < -0.4 is 16.4 Å². The van der Waals surface area contributed by atoms with E-state index in [4.69, 9.17) is 5.73 Å². The summed E-state index contributed by atoms with van der Waals surface area (Å²) < 4.78 is 28.0. The predicted molar refractivity (Wildman–Crippen MR) is 121 cm³/mol. The SMILES string of the molecule is Cc1cnc(Nc2ccc(F)cc2)cc1-n1cnc(C(=O)NC(CN)c2ccc(F)cc2)c1. The molecule has 9 heteroatoms. The van der Waals surface area contributed by atoms with Crippen LogP contribution in [0.4, 0.5) is 20.3 Å². The second-order valence-electron chi connectivity index (χ2n) is 7.47. The van der Waals surface area contributed by atoms with E-state index in [-0.39, 0.29) is 23.9 Å². The first-order chi connectivity index (χ1) is 15.9. The van der Waals surface area contributed by atoms with Crippen molar-refractivity contribution < 1.29 is 13.6 Å². The fourth-order valence-electron chi connectivity index (χ4n) is 3.32. The maximum absolute atomic E-state index is 13.2. The van der Waals surface area contributed by atoms with Crippen LogP contribution in [-0.2, 0) is 0 Å². The number of nitrogens with one attached hydrogen (secondary N) is 2. The molecule has 2 heterocycles. The summed E-state index contributed by atoms with van der Waals surface area (Å²) in [6.07, 6.45) is 4.84. The number of nitrogens with zero attached hydrogens (tertiary/aromatic N) is 3. The van der Waals surface area contributed by atoms with Crippen molar-refractivity contribution in [3.05, 3.63) is 102 Å². The third-order valence-electron chi connectivity index (χ3n) is 5.10. The van der Waals surface area contributed by atoms with Crippen molar-refractivity contribution in [3.63, 3.8) is 0 Å². The molecule has 1 amide bonds. The van der Waals surface area contributed by atoms with Gasteiger partial charge in [0.25, 0.3) is 5.91 Å². The van der Waals surface area contributed by atoms with Gasteiger partial charge in [0.1, 0.15) is 29.5 Å². The summed E-state index contributed by atoms with van der Waals surface area (Å²) in [7, 11) is 0. The molecule has 0 aliphatic rings. The second-order valence-corrected chi connectivity index (χ2v) is 7.47. The number of imidazole rings is 1. The first-order valence-electron chi connectivity index (χ1n) is 10.2. The second kappa shape index (κ2) is 9.58. The number of benzene rings is 2. The van der Waals surface area contributed by atoms with Crippen LogP contribution in [0.15, 0.2) is 73.3 Å². The zero-order valence-corrected chi connectivity index (χ0v) is 17.8. The maximum Gasteiger partial charge on any atom is 0.272 e. The predicted octanol–water partition coefficient (Wildman–Crippen LogP) is 4.03. The van der Waals surface area contributed by atoms with E-state index in [9.17, 15) is 13.6 Å². The van der Waals surface area contributed by atoms with Crippen LogP contribution in [0.25, 0.3) is 5.69 Å². The highest BCUT2D eigenvalue weighted by atomic mass is 19.1. The summed E-state index contributed by atoms with van der Waals surface area (Å²) >= 11 is 0. The van der Waals surface area contributed by atoms with Gasteiger partial charge in [-0.05, 0) is 54.4 Å². The normalized spacial score (nSPS) is 11.8. The molecule has 1 unspecified atom stereocenters. The van der Waals surface area contributed by atoms with E-state index in [1.165, 1.54) is 30.6 Å². The van der Waals surface area contributed by atoms with Gasteiger partial charge in [0.05, 0.1) is 11.7 Å². The van der Waals surface area contributed by atoms with Gasteiger partial charge >= 0.3 is 0 Å². The molecule has 4 aromatic rings. The highest BCUT2D eigenvalue weighted by molar-refractivity contribution is 5.92. The average Bonchev–Trinajstić information content (AvgIpc) is 3.31. The zero-order valence-electron chi connectivity index (χ0n) is 17.8. The first kappa shape index (κ1) is 22.1. The Hall–Kier alpha value is -4.11. The van der Waals surface area contributed by atoms with E-state index in [1.807, 2.05) is 13.0 Å². The minimum atomic E-state index is -0.475. The molecule has 0 spiro atoms. The number of aromatic nitrogens is 3. The van der Waals surface area contributed by atoms with Crippen molar-refractivity contribution >= 4 is 17.4 Å². The smallest absolute Gasteiger partial charge is 0.272 e. The molecule has 0 bridgehead atoms. The third kappa shape index (κ3) is 5.21. The van der Waals surface area contributed by atoms with Crippen LogP contribution in [0.1, 0.15) is 27.7 Å². The Morgan fingerprint density at radius 2 is 1.73 bits per heavy atom. The standard InChI is InChI=1S/C24H22F2N6O/c1-15-12-28-23(30-19-8-6-18(26)7-9-19)10-22(15)32-13-21(29-14-32)24(33)31-20(11-27)16-2-4-17(25)5-3-16/h2-10,12-14,20H,11,27H2,1H3,(H,28,30)(H,31,33). The van der Waals surface area contributed by atoms with Crippen molar-refractivity contribution in [2.75, 3.05) is 11.9 Å². The number of hydrogen-bond acceptors (Lipinski definition) is 5. The number of aryl methyl sites for hydroxylation is 1. The third-order valence-corrected chi connectivity index (χ3v) is 5.10. The maximum atomic E-state index is 13.2. The van der Waals surface area contributed by atoms with E-state index in [1.54, 1.807) is 41.2 Å². The van der Waals surface area contributed by atoms with Crippen LogP contribution in [0.3, 0.4) is 0 Å². The van der Waals surface area contributed by atoms with Crippen molar-refractivity contribution in [2.24, 2.45) is 5.73 Å². The van der Waals surface area contributed by atoms with Crippen LogP contribution >= 0.6 is 0 Å². The summed E-state index contributed by atoms with van der Waals surface area (Å²) in [5, 5.41) is 5.95. The summed E-state index contributed by atoms with van der Waals surface area (Å²) in [5.41, 5.74) is 9.05. The lowest BCUT2D eigenvalue weighted by Gasteiger charge is -2.16. The van der Waals surface area contributed by atoms with Gasteiger partial charge < -0.3 is 20.9 Å². The molecule has 0 saturated carbocycles. The molecular weight excluding hydrogens is 426 g/mol. The largest absolute Gasteiger partial charge is 0.343 e. The molecule has 33 heavy (non-hydrogen) atoms. The van der Waals surface area contributed by atoms with Crippen LogP contribution in [0.5, 0.6) is 0 Å². The van der Waals surface area contributed by atoms with Gasteiger partial charge in [0.2, 0.25) is 0 Å². The minimum Gasteiger partial charge on any atom is -0.343 e. The lowest BCUT2D eigenvalue weighted by atomic mass is 10.1. The quantitative estimate of drug-likeness (QED) is 0.397. The highest BCUT2D eigenvalue weighted by Crippen LogP contribution is 2.21. The summed E-state index contributed by atoms with van der Waals surface area (Å²) in [6.45, 7) is 2.04. The van der Waals surface area contributed by atoms with Gasteiger partial charge in [-0.3, -0.25) is 4.79 Å². The van der Waals surface area contributed by atoms with Crippen LogP contribution in [0, 0.1) is 18.6 Å². The molecule has 2 aromatic carbocycles. The molecular formula is C24H22F2N6O. The van der Waals surface area contributed by atoms with Crippen molar-refractivity contribution in [3.8, 4) is 5.69 Å². The number of carbonyl (C=O) groups excluding carboxylic acids is 1. The molecule has 0 saturated heterocycles. The number of pyridine rings is 1. The molecule has 7 nitrogen and oxygen atoms in total. The van der Waals surface area contributed by atoms with Crippen LogP contribution in [-0.4, -0.2) is 27.0 Å². The summed E-state index contributed by atoms with van der Waals surface area (Å²) in [6, 6.07) is 13.1. The van der Waals surface area contributed by atoms with E-state index in [0.29, 0.717) is 17.1 Å². The fraction of sp³-hybridized carbons (Fsp3) is 0.125. The van der Waals surface area contributed by atoms with E-state index >= 15 is 0 Å². The minimum absolute atomic E-state index is 0.153. The number of amides is 1.